The minimum Gasteiger partial charge on any atom is -0.267 e. The molecule has 8 nitrogen and oxygen atoms in total. The first kappa shape index (κ1) is 18.5. The minimum absolute atomic E-state index is 0.0336. The molecule has 0 unspecified atom stereocenters. The molecule has 2 heterocycles. The molecule has 9 heteroatoms. The van der Waals surface area contributed by atoms with E-state index in [0.29, 0.717) is 15.8 Å². The number of rotatable bonds is 3. The van der Waals surface area contributed by atoms with Gasteiger partial charge in [0.1, 0.15) is 10.7 Å². The first-order valence-electron chi connectivity index (χ1n) is 8.62. The lowest BCUT2D eigenvalue weighted by atomic mass is 10.1. The minimum atomic E-state index is -0.635. The number of hydrogen-bond acceptors (Lipinski definition) is 6. The molecule has 0 fully saturated rings. The summed E-state index contributed by atoms with van der Waals surface area (Å²) in [5.41, 5.74) is 5.49. The predicted octanol–water partition coefficient (Wildman–Crippen LogP) is 2.13. The van der Waals surface area contributed by atoms with Gasteiger partial charge in [0.25, 0.3) is 17.4 Å². The molecule has 0 saturated carbocycles. The van der Waals surface area contributed by atoms with E-state index >= 15 is 0 Å². The van der Waals surface area contributed by atoms with Crippen molar-refractivity contribution in [3.8, 4) is 10.6 Å². The molecule has 0 atom stereocenters. The van der Waals surface area contributed by atoms with Gasteiger partial charge in [-0.1, -0.05) is 48.5 Å². The quantitative estimate of drug-likeness (QED) is 0.508. The SMILES string of the molecule is Cn1nc(C(=O)NNC(=O)c2csc(-c3ccccc3)n2)c2ccccc2c1=O. The number of aromatic nitrogens is 3. The maximum atomic E-state index is 12.6. The molecule has 0 radical (unpaired) electrons. The van der Waals surface area contributed by atoms with Gasteiger partial charge in [-0.2, -0.15) is 5.10 Å². The monoisotopic (exact) mass is 405 g/mol. The van der Waals surface area contributed by atoms with Crippen molar-refractivity contribution in [1.29, 1.82) is 0 Å². The Hall–Kier alpha value is -3.85. The molecule has 144 valence electrons. The Labute approximate surface area is 168 Å². The van der Waals surface area contributed by atoms with Crippen LogP contribution in [0.15, 0.2) is 64.8 Å². The molecule has 0 saturated heterocycles. The van der Waals surface area contributed by atoms with Gasteiger partial charge in [0, 0.05) is 23.4 Å². The molecule has 0 spiro atoms. The van der Waals surface area contributed by atoms with Crippen molar-refractivity contribution in [2.75, 3.05) is 0 Å². The van der Waals surface area contributed by atoms with Crippen LogP contribution in [0.3, 0.4) is 0 Å². The highest BCUT2D eigenvalue weighted by molar-refractivity contribution is 7.13. The number of benzene rings is 2. The van der Waals surface area contributed by atoms with Gasteiger partial charge in [0.2, 0.25) is 0 Å². The Balaban J connectivity index is 1.51. The van der Waals surface area contributed by atoms with Crippen LogP contribution >= 0.6 is 11.3 Å². The summed E-state index contributed by atoms with van der Waals surface area (Å²) in [5.74, 6) is -1.19. The summed E-state index contributed by atoms with van der Waals surface area (Å²) < 4.78 is 1.09. The highest BCUT2D eigenvalue weighted by Crippen LogP contribution is 2.23. The zero-order valence-corrected chi connectivity index (χ0v) is 16.1. The first-order valence-corrected chi connectivity index (χ1v) is 9.50. The van der Waals surface area contributed by atoms with Crippen LogP contribution in [0.2, 0.25) is 0 Å². The molecule has 0 aliphatic rings. The van der Waals surface area contributed by atoms with Crippen LogP contribution in [0.25, 0.3) is 21.3 Å². The van der Waals surface area contributed by atoms with Gasteiger partial charge < -0.3 is 0 Å². The Morgan fingerprint density at radius 1 is 0.931 bits per heavy atom. The van der Waals surface area contributed by atoms with E-state index in [1.54, 1.807) is 29.6 Å². The van der Waals surface area contributed by atoms with Crippen LogP contribution in [0.1, 0.15) is 21.0 Å². The largest absolute Gasteiger partial charge is 0.290 e. The standard InChI is InChI=1S/C20H15N5O3S/c1-25-20(28)14-10-6-5-9-13(14)16(24-25)18(27)23-22-17(26)15-11-29-19(21-15)12-7-3-2-4-8-12/h2-11H,1H3,(H,22,26)(H,23,27). The lowest BCUT2D eigenvalue weighted by Gasteiger charge is -2.09. The van der Waals surface area contributed by atoms with Crippen molar-refractivity contribution in [3.63, 3.8) is 0 Å². The lowest BCUT2D eigenvalue weighted by molar-refractivity contribution is 0.0841. The maximum Gasteiger partial charge on any atom is 0.290 e. The Bertz CT molecular complexity index is 1280. The van der Waals surface area contributed by atoms with Crippen molar-refractivity contribution >= 4 is 33.9 Å². The van der Waals surface area contributed by atoms with Crippen LogP contribution in [0, 0.1) is 0 Å². The molecule has 0 bridgehead atoms. The molecule has 29 heavy (non-hydrogen) atoms. The van der Waals surface area contributed by atoms with Gasteiger partial charge in [-0.05, 0) is 6.07 Å². The highest BCUT2D eigenvalue weighted by atomic mass is 32.1. The number of hydrazine groups is 1. The number of nitrogens with zero attached hydrogens (tertiary/aromatic N) is 3. The van der Waals surface area contributed by atoms with Crippen molar-refractivity contribution in [3.05, 3.63) is 81.7 Å². The van der Waals surface area contributed by atoms with E-state index in [9.17, 15) is 14.4 Å². The second-order valence-electron chi connectivity index (χ2n) is 6.14. The zero-order valence-electron chi connectivity index (χ0n) is 15.2. The highest BCUT2D eigenvalue weighted by Gasteiger charge is 2.17. The number of amides is 2. The van der Waals surface area contributed by atoms with E-state index in [-0.39, 0.29) is 16.9 Å². The number of carbonyl (C=O) groups excluding carboxylic acids is 2. The van der Waals surface area contributed by atoms with E-state index in [0.717, 1.165) is 10.2 Å². The van der Waals surface area contributed by atoms with E-state index in [1.807, 2.05) is 30.3 Å². The third-order valence-corrected chi connectivity index (χ3v) is 5.11. The van der Waals surface area contributed by atoms with E-state index < -0.39 is 11.8 Å². The molecule has 0 aliphatic heterocycles. The van der Waals surface area contributed by atoms with Crippen molar-refractivity contribution in [2.45, 2.75) is 0 Å². The number of nitrogens with one attached hydrogen (secondary N) is 2. The van der Waals surface area contributed by atoms with Gasteiger partial charge in [-0.25, -0.2) is 9.67 Å². The predicted molar refractivity (Wildman–Crippen MR) is 109 cm³/mol. The average molecular weight is 405 g/mol. The van der Waals surface area contributed by atoms with Crippen LogP contribution in [0.5, 0.6) is 0 Å². The summed E-state index contributed by atoms with van der Waals surface area (Å²) in [6, 6.07) is 16.2. The fourth-order valence-electron chi connectivity index (χ4n) is 2.80. The molecule has 2 amide bonds. The van der Waals surface area contributed by atoms with Gasteiger partial charge in [-0.15, -0.1) is 11.3 Å². The number of carbonyl (C=O) groups is 2. The second kappa shape index (κ2) is 7.64. The maximum absolute atomic E-state index is 12.6. The summed E-state index contributed by atoms with van der Waals surface area (Å²) in [7, 11) is 1.46. The first-order chi connectivity index (χ1) is 14.0. The number of thiazole rings is 1. The normalized spacial score (nSPS) is 10.7. The molecular formula is C20H15N5O3S. The smallest absolute Gasteiger partial charge is 0.267 e. The van der Waals surface area contributed by atoms with Gasteiger partial charge in [0.15, 0.2) is 5.69 Å². The Morgan fingerprint density at radius 3 is 2.34 bits per heavy atom. The van der Waals surface area contributed by atoms with Crippen molar-refractivity contribution in [1.82, 2.24) is 25.6 Å². The Morgan fingerprint density at radius 2 is 1.59 bits per heavy atom. The summed E-state index contributed by atoms with van der Waals surface area (Å²) in [4.78, 5) is 41.4. The topological polar surface area (TPSA) is 106 Å². The van der Waals surface area contributed by atoms with E-state index in [2.05, 4.69) is 20.9 Å². The van der Waals surface area contributed by atoms with Crippen LogP contribution < -0.4 is 16.4 Å². The zero-order chi connectivity index (χ0) is 20.4. The van der Waals surface area contributed by atoms with Gasteiger partial charge in [-0.3, -0.25) is 25.2 Å². The number of aryl methyl sites for hydroxylation is 1. The molecule has 2 N–H and O–H groups in total. The summed E-state index contributed by atoms with van der Waals surface area (Å²) in [6.45, 7) is 0. The fraction of sp³-hybridized carbons (Fsp3) is 0.0500. The number of fused-ring (bicyclic) bond motifs is 1. The lowest BCUT2D eigenvalue weighted by Crippen LogP contribution is -2.42. The summed E-state index contributed by atoms with van der Waals surface area (Å²) in [5, 5.41) is 7.11. The van der Waals surface area contributed by atoms with Crippen molar-refractivity contribution in [2.24, 2.45) is 7.05 Å². The summed E-state index contributed by atoms with van der Waals surface area (Å²) in [6.07, 6.45) is 0. The van der Waals surface area contributed by atoms with Crippen LogP contribution in [0.4, 0.5) is 0 Å². The molecular weight excluding hydrogens is 390 g/mol. The van der Waals surface area contributed by atoms with E-state index in [4.69, 9.17) is 0 Å². The molecule has 0 aliphatic carbocycles. The molecule has 4 aromatic rings. The molecule has 4 rings (SSSR count). The van der Waals surface area contributed by atoms with Gasteiger partial charge in [0.05, 0.1) is 5.39 Å². The Kier molecular flexibility index (Phi) is 4.88. The van der Waals surface area contributed by atoms with E-state index in [1.165, 1.54) is 18.4 Å². The van der Waals surface area contributed by atoms with Gasteiger partial charge >= 0.3 is 0 Å². The third kappa shape index (κ3) is 3.63. The summed E-state index contributed by atoms with van der Waals surface area (Å²) >= 11 is 1.33. The van der Waals surface area contributed by atoms with Crippen molar-refractivity contribution < 1.29 is 9.59 Å². The average Bonchev–Trinajstić information content (AvgIpc) is 3.25. The number of hydrogen-bond donors (Lipinski definition) is 2. The molecule has 2 aromatic heterocycles. The second-order valence-corrected chi connectivity index (χ2v) is 6.99. The van der Waals surface area contributed by atoms with Crippen LogP contribution in [-0.4, -0.2) is 26.6 Å². The molecule has 2 aromatic carbocycles. The third-order valence-electron chi connectivity index (χ3n) is 4.22. The fourth-order valence-corrected chi connectivity index (χ4v) is 3.60. The van der Waals surface area contributed by atoms with Crippen LogP contribution in [-0.2, 0) is 7.05 Å².